The molecule has 2 rings (SSSR count). The summed E-state index contributed by atoms with van der Waals surface area (Å²) >= 11 is 13.4. The Balaban J connectivity index is 1.71. The SMILES string of the molecule is O=S1(=O)CCC(NCCSc2ccc(Cl)c(Cl)c2)C1. The molecule has 3 nitrogen and oxygen atoms in total. The van der Waals surface area contributed by atoms with Crippen LogP contribution < -0.4 is 5.32 Å². The second kappa shape index (κ2) is 6.68. The van der Waals surface area contributed by atoms with E-state index in [1.54, 1.807) is 17.8 Å². The Bertz CT molecular complexity index is 549. The summed E-state index contributed by atoms with van der Waals surface area (Å²) in [5.74, 6) is 1.45. The van der Waals surface area contributed by atoms with E-state index in [1.165, 1.54) is 0 Å². The van der Waals surface area contributed by atoms with Crippen LogP contribution in [-0.4, -0.2) is 38.3 Å². The van der Waals surface area contributed by atoms with Crippen LogP contribution in [0, 0.1) is 0 Å². The Labute approximate surface area is 128 Å². The highest BCUT2D eigenvalue weighted by atomic mass is 35.5. The van der Waals surface area contributed by atoms with Gasteiger partial charge in [-0.1, -0.05) is 23.2 Å². The van der Waals surface area contributed by atoms with Crippen LogP contribution in [0.1, 0.15) is 6.42 Å². The molecule has 1 saturated heterocycles. The Hall–Kier alpha value is 0.0600. The van der Waals surface area contributed by atoms with Crippen molar-refractivity contribution in [3.05, 3.63) is 28.2 Å². The lowest BCUT2D eigenvalue weighted by Crippen LogP contribution is -2.31. The first-order valence-corrected chi connectivity index (χ1v) is 9.54. The summed E-state index contributed by atoms with van der Waals surface area (Å²) in [7, 11) is -2.80. The fourth-order valence-electron chi connectivity index (χ4n) is 1.95. The minimum atomic E-state index is -2.80. The van der Waals surface area contributed by atoms with Crippen LogP contribution in [-0.2, 0) is 9.84 Å². The van der Waals surface area contributed by atoms with Gasteiger partial charge in [-0.15, -0.1) is 11.8 Å². The third-order valence-corrected chi connectivity index (χ3v) is 6.43. The molecule has 1 aromatic rings. The summed E-state index contributed by atoms with van der Waals surface area (Å²) in [6.07, 6.45) is 0.722. The maximum Gasteiger partial charge on any atom is 0.151 e. The molecular formula is C12H15Cl2NO2S2. The molecule has 106 valence electrons. The highest BCUT2D eigenvalue weighted by Crippen LogP contribution is 2.27. The fraction of sp³-hybridized carbons (Fsp3) is 0.500. The Morgan fingerprint density at radius 3 is 2.74 bits per heavy atom. The van der Waals surface area contributed by atoms with Crippen molar-refractivity contribution in [1.29, 1.82) is 0 Å². The van der Waals surface area contributed by atoms with E-state index in [4.69, 9.17) is 23.2 Å². The van der Waals surface area contributed by atoms with Gasteiger partial charge in [0.1, 0.15) is 0 Å². The van der Waals surface area contributed by atoms with Crippen LogP contribution in [0.15, 0.2) is 23.1 Å². The highest BCUT2D eigenvalue weighted by Gasteiger charge is 2.26. The molecule has 0 amide bonds. The third kappa shape index (κ3) is 4.83. The van der Waals surface area contributed by atoms with Crippen molar-refractivity contribution in [3.8, 4) is 0 Å². The number of hydrogen-bond acceptors (Lipinski definition) is 4. The van der Waals surface area contributed by atoms with Crippen LogP contribution in [0.2, 0.25) is 10.0 Å². The van der Waals surface area contributed by atoms with Crippen molar-refractivity contribution >= 4 is 44.8 Å². The minimum absolute atomic E-state index is 0.111. The van der Waals surface area contributed by atoms with Crippen LogP contribution in [0.4, 0.5) is 0 Å². The molecule has 1 atom stereocenters. The molecule has 0 spiro atoms. The molecule has 7 heteroatoms. The minimum Gasteiger partial charge on any atom is -0.312 e. The molecular weight excluding hydrogens is 325 g/mol. The lowest BCUT2D eigenvalue weighted by atomic mass is 10.3. The second-order valence-corrected chi connectivity index (χ2v) is 8.69. The summed E-state index contributed by atoms with van der Waals surface area (Å²) in [6.45, 7) is 0.783. The van der Waals surface area contributed by atoms with Crippen molar-refractivity contribution in [2.24, 2.45) is 0 Å². The topological polar surface area (TPSA) is 46.2 Å². The standard InChI is InChI=1S/C12H15Cl2NO2S2/c13-11-2-1-10(7-12(11)14)18-5-4-15-9-3-6-19(16,17)8-9/h1-2,7,9,15H,3-6,8H2. The Morgan fingerprint density at radius 1 is 1.32 bits per heavy atom. The normalized spacial score (nSPS) is 21.7. The maximum atomic E-state index is 11.3. The monoisotopic (exact) mass is 339 g/mol. The molecule has 0 aromatic heterocycles. The van der Waals surface area contributed by atoms with E-state index >= 15 is 0 Å². The number of benzene rings is 1. The van der Waals surface area contributed by atoms with E-state index in [9.17, 15) is 8.42 Å². The lowest BCUT2D eigenvalue weighted by Gasteiger charge is -2.10. The molecule has 1 fully saturated rings. The summed E-state index contributed by atoms with van der Waals surface area (Å²) in [4.78, 5) is 1.07. The third-order valence-electron chi connectivity index (χ3n) is 2.93. The summed E-state index contributed by atoms with van der Waals surface area (Å²) in [5, 5.41) is 4.39. The maximum absolute atomic E-state index is 11.3. The molecule has 1 aromatic carbocycles. The van der Waals surface area contributed by atoms with Crippen LogP contribution in [0.5, 0.6) is 0 Å². The second-order valence-electron chi connectivity index (χ2n) is 4.48. The Morgan fingerprint density at radius 2 is 2.11 bits per heavy atom. The van der Waals surface area contributed by atoms with E-state index in [1.807, 2.05) is 12.1 Å². The van der Waals surface area contributed by atoms with Gasteiger partial charge < -0.3 is 5.32 Å². The van der Waals surface area contributed by atoms with Gasteiger partial charge in [-0.05, 0) is 24.6 Å². The highest BCUT2D eigenvalue weighted by molar-refractivity contribution is 7.99. The molecule has 0 aliphatic carbocycles. The van der Waals surface area contributed by atoms with E-state index < -0.39 is 9.84 Å². The van der Waals surface area contributed by atoms with E-state index in [0.717, 1.165) is 23.6 Å². The van der Waals surface area contributed by atoms with Crippen LogP contribution in [0.3, 0.4) is 0 Å². The number of sulfone groups is 1. The van der Waals surface area contributed by atoms with Gasteiger partial charge in [0, 0.05) is 23.2 Å². The summed E-state index contributed by atoms with van der Waals surface area (Å²) in [6, 6.07) is 5.66. The molecule has 0 bridgehead atoms. The van der Waals surface area contributed by atoms with Crippen molar-refractivity contribution < 1.29 is 8.42 Å². The number of rotatable bonds is 5. The quantitative estimate of drug-likeness (QED) is 0.661. The van der Waals surface area contributed by atoms with Gasteiger partial charge in [-0.25, -0.2) is 8.42 Å². The molecule has 1 aliphatic rings. The zero-order valence-corrected chi connectivity index (χ0v) is 13.4. The molecule has 1 N–H and O–H groups in total. The van der Waals surface area contributed by atoms with Crippen molar-refractivity contribution in [3.63, 3.8) is 0 Å². The van der Waals surface area contributed by atoms with Crippen molar-refractivity contribution in [2.45, 2.75) is 17.4 Å². The smallest absolute Gasteiger partial charge is 0.151 e. The fourth-order valence-corrected chi connectivity index (χ4v) is 4.85. The largest absolute Gasteiger partial charge is 0.312 e. The van der Waals surface area contributed by atoms with Gasteiger partial charge in [0.2, 0.25) is 0 Å². The molecule has 1 aliphatic heterocycles. The van der Waals surface area contributed by atoms with Crippen LogP contribution >= 0.6 is 35.0 Å². The first kappa shape index (κ1) is 15.4. The van der Waals surface area contributed by atoms with Gasteiger partial charge in [-0.2, -0.15) is 0 Å². The van der Waals surface area contributed by atoms with Gasteiger partial charge in [0.05, 0.1) is 21.6 Å². The predicted octanol–water partition coefficient (Wildman–Crippen LogP) is 2.86. The number of nitrogens with one attached hydrogen (secondary N) is 1. The molecule has 1 heterocycles. The van der Waals surface area contributed by atoms with Gasteiger partial charge >= 0.3 is 0 Å². The Kier molecular flexibility index (Phi) is 5.43. The number of thioether (sulfide) groups is 1. The zero-order valence-electron chi connectivity index (χ0n) is 10.2. The summed E-state index contributed by atoms with van der Waals surface area (Å²) < 4.78 is 22.6. The first-order chi connectivity index (χ1) is 8.96. The molecule has 0 radical (unpaired) electrons. The number of hydrogen-bond donors (Lipinski definition) is 1. The average Bonchev–Trinajstić information content (AvgIpc) is 2.69. The predicted molar refractivity (Wildman–Crippen MR) is 82.2 cm³/mol. The van der Waals surface area contributed by atoms with E-state index in [-0.39, 0.29) is 11.8 Å². The van der Waals surface area contributed by atoms with E-state index in [2.05, 4.69) is 5.32 Å². The lowest BCUT2D eigenvalue weighted by molar-refractivity contribution is 0.575. The van der Waals surface area contributed by atoms with E-state index in [0.29, 0.717) is 15.8 Å². The molecule has 19 heavy (non-hydrogen) atoms. The van der Waals surface area contributed by atoms with Crippen LogP contribution in [0.25, 0.3) is 0 Å². The zero-order chi connectivity index (χ0) is 13.9. The van der Waals surface area contributed by atoms with Gasteiger partial charge in [0.25, 0.3) is 0 Å². The molecule has 0 saturated carbocycles. The van der Waals surface area contributed by atoms with Gasteiger partial charge in [-0.3, -0.25) is 0 Å². The van der Waals surface area contributed by atoms with Gasteiger partial charge in [0.15, 0.2) is 9.84 Å². The van der Waals surface area contributed by atoms with Crippen molar-refractivity contribution in [1.82, 2.24) is 5.32 Å². The first-order valence-electron chi connectivity index (χ1n) is 5.98. The average molecular weight is 340 g/mol. The molecule has 1 unspecified atom stereocenters. The number of halogens is 2. The summed E-state index contributed by atoms with van der Waals surface area (Å²) in [5.41, 5.74) is 0. The van der Waals surface area contributed by atoms with Crippen molar-refractivity contribution in [2.75, 3.05) is 23.8 Å².